The molecule has 1 aliphatic rings. The SMILES string of the molecule is CCCN(CC(=O)Nc1ccc(C(N)=O)cc1)C1CNC1. The largest absolute Gasteiger partial charge is 0.366 e. The molecule has 2 amide bonds. The van der Waals surface area contributed by atoms with Crippen LogP contribution in [0.4, 0.5) is 5.69 Å². The van der Waals surface area contributed by atoms with E-state index in [2.05, 4.69) is 22.5 Å². The Labute approximate surface area is 124 Å². The number of carbonyl (C=O) groups excluding carboxylic acids is 2. The van der Waals surface area contributed by atoms with Crippen molar-refractivity contribution in [2.45, 2.75) is 19.4 Å². The third-order valence-corrected chi connectivity index (χ3v) is 3.59. The maximum Gasteiger partial charge on any atom is 0.248 e. The summed E-state index contributed by atoms with van der Waals surface area (Å²) in [6.45, 7) is 5.30. The van der Waals surface area contributed by atoms with Crippen LogP contribution < -0.4 is 16.4 Å². The molecule has 4 N–H and O–H groups in total. The standard InChI is InChI=1S/C15H22N4O2/c1-2-7-19(13-8-17-9-13)10-14(20)18-12-5-3-11(4-6-12)15(16)21/h3-6,13,17H,2,7-10H2,1H3,(H2,16,21)(H,18,20). The first kappa shape index (κ1) is 15.5. The second-order valence-corrected chi connectivity index (χ2v) is 5.27. The van der Waals surface area contributed by atoms with Crippen LogP contribution in [0.3, 0.4) is 0 Å². The highest BCUT2D eigenvalue weighted by atomic mass is 16.2. The first-order valence-corrected chi connectivity index (χ1v) is 7.24. The van der Waals surface area contributed by atoms with Crippen LogP contribution in [0.15, 0.2) is 24.3 Å². The second-order valence-electron chi connectivity index (χ2n) is 5.27. The number of nitrogens with zero attached hydrogens (tertiary/aromatic N) is 1. The topological polar surface area (TPSA) is 87.5 Å². The molecule has 1 saturated heterocycles. The van der Waals surface area contributed by atoms with Gasteiger partial charge in [-0.3, -0.25) is 14.5 Å². The maximum absolute atomic E-state index is 12.1. The molecule has 1 aliphatic heterocycles. The fraction of sp³-hybridized carbons (Fsp3) is 0.467. The summed E-state index contributed by atoms with van der Waals surface area (Å²) >= 11 is 0. The molecule has 6 nitrogen and oxygen atoms in total. The Balaban J connectivity index is 1.89. The minimum Gasteiger partial charge on any atom is -0.366 e. The van der Waals surface area contributed by atoms with Crippen LogP contribution in [-0.4, -0.2) is 48.9 Å². The smallest absolute Gasteiger partial charge is 0.248 e. The maximum atomic E-state index is 12.1. The summed E-state index contributed by atoms with van der Waals surface area (Å²) in [5.74, 6) is -0.512. The molecule has 0 spiro atoms. The van der Waals surface area contributed by atoms with E-state index in [4.69, 9.17) is 5.73 Å². The van der Waals surface area contributed by atoms with Gasteiger partial charge in [0, 0.05) is 30.4 Å². The first-order chi connectivity index (χ1) is 10.1. The number of hydrogen-bond acceptors (Lipinski definition) is 4. The predicted octanol–water partition coefficient (Wildman–Crippen LogP) is 0.408. The lowest BCUT2D eigenvalue weighted by Crippen LogP contribution is -2.58. The number of nitrogens with two attached hydrogens (primary N) is 1. The molecule has 0 atom stereocenters. The Hall–Kier alpha value is -1.92. The van der Waals surface area contributed by atoms with Gasteiger partial charge >= 0.3 is 0 Å². The Morgan fingerprint density at radius 1 is 1.33 bits per heavy atom. The van der Waals surface area contributed by atoms with Gasteiger partial charge in [-0.05, 0) is 37.2 Å². The van der Waals surface area contributed by atoms with E-state index < -0.39 is 5.91 Å². The monoisotopic (exact) mass is 290 g/mol. The van der Waals surface area contributed by atoms with E-state index in [9.17, 15) is 9.59 Å². The van der Waals surface area contributed by atoms with E-state index in [1.807, 2.05) is 0 Å². The van der Waals surface area contributed by atoms with Crippen LogP contribution in [0.1, 0.15) is 23.7 Å². The van der Waals surface area contributed by atoms with E-state index in [0.717, 1.165) is 26.1 Å². The van der Waals surface area contributed by atoms with Crippen molar-refractivity contribution in [2.24, 2.45) is 5.73 Å². The van der Waals surface area contributed by atoms with Gasteiger partial charge in [0.25, 0.3) is 0 Å². The zero-order valence-corrected chi connectivity index (χ0v) is 12.3. The van der Waals surface area contributed by atoms with Crippen molar-refractivity contribution in [3.63, 3.8) is 0 Å². The number of hydrogen-bond donors (Lipinski definition) is 3. The Morgan fingerprint density at radius 2 is 2.00 bits per heavy atom. The predicted molar refractivity (Wildman–Crippen MR) is 82.1 cm³/mol. The van der Waals surface area contributed by atoms with Gasteiger partial charge in [0.15, 0.2) is 0 Å². The normalized spacial score (nSPS) is 14.8. The molecule has 1 heterocycles. The van der Waals surface area contributed by atoms with Gasteiger partial charge in [0.05, 0.1) is 6.54 Å². The minimum absolute atomic E-state index is 0.0397. The van der Waals surface area contributed by atoms with Gasteiger partial charge in [0.1, 0.15) is 0 Å². The van der Waals surface area contributed by atoms with Gasteiger partial charge in [-0.15, -0.1) is 0 Å². The third-order valence-electron chi connectivity index (χ3n) is 3.59. The van der Waals surface area contributed by atoms with Gasteiger partial charge < -0.3 is 16.4 Å². The summed E-state index contributed by atoms with van der Waals surface area (Å²) in [5, 5.41) is 6.07. The van der Waals surface area contributed by atoms with Crippen LogP contribution >= 0.6 is 0 Å². The summed E-state index contributed by atoms with van der Waals surface area (Å²) in [7, 11) is 0. The molecular formula is C15H22N4O2. The van der Waals surface area contributed by atoms with Crippen LogP contribution in [0.5, 0.6) is 0 Å². The van der Waals surface area contributed by atoms with Crippen molar-refractivity contribution < 1.29 is 9.59 Å². The van der Waals surface area contributed by atoms with Gasteiger partial charge in [-0.2, -0.15) is 0 Å². The Kier molecular flexibility index (Phi) is 5.30. The van der Waals surface area contributed by atoms with E-state index in [1.54, 1.807) is 24.3 Å². The van der Waals surface area contributed by atoms with E-state index in [-0.39, 0.29) is 5.91 Å². The van der Waals surface area contributed by atoms with E-state index in [0.29, 0.717) is 23.8 Å². The molecule has 0 unspecified atom stereocenters. The molecule has 1 fully saturated rings. The summed E-state index contributed by atoms with van der Waals surface area (Å²) in [5.41, 5.74) is 6.29. The molecular weight excluding hydrogens is 268 g/mol. The molecule has 114 valence electrons. The van der Waals surface area contributed by atoms with Crippen LogP contribution in [-0.2, 0) is 4.79 Å². The number of nitrogens with one attached hydrogen (secondary N) is 2. The number of benzene rings is 1. The number of primary amides is 1. The number of amides is 2. The number of rotatable bonds is 7. The zero-order valence-electron chi connectivity index (χ0n) is 12.3. The third kappa shape index (κ3) is 4.27. The molecule has 21 heavy (non-hydrogen) atoms. The highest BCUT2D eigenvalue weighted by Gasteiger charge is 2.25. The van der Waals surface area contributed by atoms with Crippen molar-refractivity contribution in [3.8, 4) is 0 Å². The molecule has 0 saturated carbocycles. The lowest BCUT2D eigenvalue weighted by Gasteiger charge is -2.37. The van der Waals surface area contributed by atoms with Gasteiger partial charge in [-0.25, -0.2) is 0 Å². The van der Waals surface area contributed by atoms with Crippen molar-refractivity contribution >= 4 is 17.5 Å². The van der Waals surface area contributed by atoms with Crippen molar-refractivity contribution in [1.82, 2.24) is 10.2 Å². The fourth-order valence-electron chi connectivity index (χ4n) is 2.31. The van der Waals surface area contributed by atoms with E-state index >= 15 is 0 Å². The first-order valence-electron chi connectivity index (χ1n) is 7.24. The average Bonchev–Trinajstić information content (AvgIpc) is 2.37. The fourth-order valence-corrected chi connectivity index (χ4v) is 2.31. The van der Waals surface area contributed by atoms with Crippen molar-refractivity contribution in [3.05, 3.63) is 29.8 Å². The van der Waals surface area contributed by atoms with Crippen LogP contribution in [0.2, 0.25) is 0 Å². The molecule has 0 aliphatic carbocycles. The van der Waals surface area contributed by atoms with Crippen molar-refractivity contribution in [1.29, 1.82) is 0 Å². The minimum atomic E-state index is -0.473. The molecule has 0 radical (unpaired) electrons. The lowest BCUT2D eigenvalue weighted by molar-refractivity contribution is -0.118. The molecule has 0 bridgehead atoms. The Morgan fingerprint density at radius 3 is 2.48 bits per heavy atom. The van der Waals surface area contributed by atoms with E-state index in [1.165, 1.54) is 0 Å². The van der Waals surface area contributed by atoms with Crippen LogP contribution in [0, 0.1) is 0 Å². The average molecular weight is 290 g/mol. The quantitative estimate of drug-likeness (QED) is 0.678. The number of anilines is 1. The Bertz CT molecular complexity index is 497. The molecule has 6 heteroatoms. The number of carbonyl (C=O) groups is 2. The summed E-state index contributed by atoms with van der Waals surface area (Å²) in [6.07, 6.45) is 1.02. The van der Waals surface area contributed by atoms with Gasteiger partial charge in [-0.1, -0.05) is 6.92 Å². The second kappa shape index (κ2) is 7.19. The highest BCUT2D eigenvalue weighted by Crippen LogP contribution is 2.10. The molecule has 1 aromatic rings. The lowest BCUT2D eigenvalue weighted by atomic mass is 10.1. The molecule has 2 rings (SSSR count). The van der Waals surface area contributed by atoms with Gasteiger partial charge in [0.2, 0.25) is 11.8 Å². The van der Waals surface area contributed by atoms with Crippen LogP contribution in [0.25, 0.3) is 0 Å². The summed E-state index contributed by atoms with van der Waals surface area (Å²) < 4.78 is 0. The summed E-state index contributed by atoms with van der Waals surface area (Å²) in [4.78, 5) is 25.3. The molecule has 0 aromatic heterocycles. The summed E-state index contributed by atoms with van der Waals surface area (Å²) in [6, 6.07) is 7.04. The molecule has 1 aromatic carbocycles. The van der Waals surface area contributed by atoms with Crippen molar-refractivity contribution in [2.75, 3.05) is 31.5 Å². The zero-order chi connectivity index (χ0) is 15.2. The highest BCUT2D eigenvalue weighted by molar-refractivity contribution is 5.95.